The van der Waals surface area contributed by atoms with E-state index in [-0.39, 0.29) is 11.7 Å². The van der Waals surface area contributed by atoms with Crippen LogP contribution in [-0.2, 0) is 14.8 Å². The van der Waals surface area contributed by atoms with E-state index in [0.717, 1.165) is 6.07 Å². The van der Waals surface area contributed by atoms with Crippen LogP contribution in [-0.4, -0.2) is 38.5 Å². The van der Waals surface area contributed by atoms with Gasteiger partial charge in [0.2, 0.25) is 5.09 Å². The van der Waals surface area contributed by atoms with E-state index in [1.807, 2.05) is 4.72 Å². The normalized spacial score (nSPS) is 14.4. The number of rotatable bonds is 7. The Morgan fingerprint density at radius 2 is 2.00 bits per heavy atom. The van der Waals surface area contributed by atoms with Gasteiger partial charge in [-0.05, 0) is 25.1 Å². The summed E-state index contributed by atoms with van der Waals surface area (Å²) in [5.41, 5.74) is 0. The molecule has 21 heavy (non-hydrogen) atoms. The van der Waals surface area contributed by atoms with Crippen molar-refractivity contribution in [2.75, 3.05) is 7.05 Å². The van der Waals surface area contributed by atoms with Crippen LogP contribution >= 0.6 is 0 Å². The Labute approximate surface area is 122 Å². The molecule has 2 unspecified atom stereocenters. The highest BCUT2D eigenvalue weighted by Crippen LogP contribution is 2.15. The molecule has 0 saturated carbocycles. The third kappa shape index (κ3) is 4.05. The van der Waals surface area contributed by atoms with E-state index in [1.54, 1.807) is 13.8 Å². The molecule has 2 atom stereocenters. The van der Waals surface area contributed by atoms with Gasteiger partial charge < -0.3 is 14.8 Å². The molecule has 1 amide bonds. The van der Waals surface area contributed by atoms with Gasteiger partial charge >= 0.3 is 5.97 Å². The van der Waals surface area contributed by atoms with E-state index in [0.29, 0.717) is 6.42 Å². The van der Waals surface area contributed by atoms with Crippen molar-refractivity contribution in [1.82, 2.24) is 10.0 Å². The van der Waals surface area contributed by atoms with Crippen molar-refractivity contribution in [2.24, 2.45) is 5.92 Å². The number of hydrogen-bond donors (Lipinski definition) is 3. The molecule has 0 saturated heterocycles. The Bertz CT molecular complexity index is 621. The number of nitrogens with one attached hydrogen (secondary N) is 2. The second kappa shape index (κ2) is 6.72. The zero-order chi connectivity index (χ0) is 16.2. The summed E-state index contributed by atoms with van der Waals surface area (Å²) in [4.78, 5) is 23.1. The molecule has 3 N–H and O–H groups in total. The average Bonchev–Trinajstić information content (AvgIpc) is 2.93. The van der Waals surface area contributed by atoms with E-state index < -0.39 is 33.0 Å². The Balaban J connectivity index is 2.92. The smallest absolute Gasteiger partial charge is 0.326 e. The van der Waals surface area contributed by atoms with Gasteiger partial charge in [0, 0.05) is 0 Å². The molecule has 0 spiro atoms. The Hall–Kier alpha value is -1.87. The van der Waals surface area contributed by atoms with E-state index >= 15 is 0 Å². The first-order valence-electron chi connectivity index (χ1n) is 6.30. The highest BCUT2D eigenvalue weighted by Gasteiger charge is 2.27. The summed E-state index contributed by atoms with van der Waals surface area (Å²) in [7, 11) is -2.58. The maximum Gasteiger partial charge on any atom is 0.326 e. The van der Waals surface area contributed by atoms with Crippen LogP contribution in [0.15, 0.2) is 21.6 Å². The molecule has 8 nitrogen and oxygen atoms in total. The van der Waals surface area contributed by atoms with Crippen LogP contribution < -0.4 is 10.0 Å². The number of hydrogen-bond acceptors (Lipinski definition) is 5. The molecule has 0 aliphatic heterocycles. The number of amides is 1. The standard InChI is InChI=1S/C12H18N2O6S/c1-4-7(2)10(12(16)17)14-11(15)8-5-6-9(20-8)21(18,19)13-3/h5-7,10,13H,4H2,1-3H3,(H,14,15)(H,16,17). The highest BCUT2D eigenvalue weighted by atomic mass is 32.2. The van der Waals surface area contributed by atoms with E-state index in [9.17, 15) is 18.0 Å². The second-order valence-corrected chi connectivity index (χ2v) is 6.32. The Morgan fingerprint density at radius 3 is 2.48 bits per heavy atom. The van der Waals surface area contributed by atoms with Crippen molar-refractivity contribution in [3.63, 3.8) is 0 Å². The topological polar surface area (TPSA) is 126 Å². The van der Waals surface area contributed by atoms with Crippen LogP contribution in [0.5, 0.6) is 0 Å². The monoisotopic (exact) mass is 318 g/mol. The lowest BCUT2D eigenvalue weighted by Crippen LogP contribution is -2.44. The summed E-state index contributed by atoms with van der Waals surface area (Å²) in [6.45, 7) is 3.50. The van der Waals surface area contributed by atoms with Crippen molar-refractivity contribution >= 4 is 21.9 Å². The summed E-state index contributed by atoms with van der Waals surface area (Å²) < 4.78 is 30.0. The summed E-state index contributed by atoms with van der Waals surface area (Å²) in [6, 6.07) is 1.23. The second-order valence-electron chi connectivity index (χ2n) is 4.50. The van der Waals surface area contributed by atoms with Crippen molar-refractivity contribution in [3.05, 3.63) is 17.9 Å². The lowest BCUT2D eigenvalue weighted by atomic mass is 9.99. The first-order chi connectivity index (χ1) is 9.72. The fourth-order valence-electron chi connectivity index (χ4n) is 1.58. The predicted octanol–water partition coefficient (Wildman–Crippen LogP) is 0.417. The van der Waals surface area contributed by atoms with Crippen molar-refractivity contribution < 1.29 is 27.5 Å². The first kappa shape index (κ1) is 17.2. The SMILES string of the molecule is CCC(C)C(NC(=O)c1ccc(S(=O)(=O)NC)o1)C(=O)O. The number of carbonyl (C=O) groups is 2. The number of sulfonamides is 1. The highest BCUT2D eigenvalue weighted by molar-refractivity contribution is 7.89. The number of carboxylic acids is 1. The van der Waals surface area contributed by atoms with Crippen LogP contribution in [0.2, 0.25) is 0 Å². The minimum atomic E-state index is -3.79. The minimum Gasteiger partial charge on any atom is -0.480 e. The molecule has 0 radical (unpaired) electrons. The maximum absolute atomic E-state index is 11.9. The molecule has 0 aromatic carbocycles. The number of aliphatic carboxylic acids is 1. The zero-order valence-corrected chi connectivity index (χ0v) is 12.7. The predicted molar refractivity (Wildman–Crippen MR) is 73.3 cm³/mol. The molecule has 1 aromatic heterocycles. The summed E-state index contributed by atoms with van der Waals surface area (Å²) in [6.07, 6.45) is 0.564. The Kier molecular flexibility index (Phi) is 5.50. The van der Waals surface area contributed by atoms with Gasteiger partial charge in [-0.3, -0.25) is 4.79 Å². The van der Waals surface area contributed by atoms with Crippen molar-refractivity contribution in [1.29, 1.82) is 0 Å². The number of carbonyl (C=O) groups excluding carboxylic acids is 1. The first-order valence-corrected chi connectivity index (χ1v) is 7.78. The lowest BCUT2D eigenvalue weighted by molar-refractivity contribution is -0.140. The maximum atomic E-state index is 11.9. The van der Waals surface area contributed by atoms with Crippen LogP contribution in [0.1, 0.15) is 30.8 Å². The minimum absolute atomic E-state index is 0.265. The molecule has 1 rings (SSSR count). The summed E-state index contributed by atoms with van der Waals surface area (Å²) in [5.74, 6) is -2.48. The van der Waals surface area contributed by atoms with Crippen LogP contribution in [0, 0.1) is 5.92 Å². The third-order valence-corrected chi connectivity index (χ3v) is 4.39. The molecule has 0 fully saturated rings. The van der Waals surface area contributed by atoms with Crippen LogP contribution in [0.4, 0.5) is 0 Å². The number of furan rings is 1. The molecule has 1 aromatic rings. The fourth-order valence-corrected chi connectivity index (χ4v) is 2.23. The van der Waals surface area contributed by atoms with E-state index in [2.05, 4.69) is 5.32 Å². The molecular weight excluding hydrogens is 300 g/mol. The summed E-state index contributed by atoms with van der Waals surface area (Å²) >= 11 is 0. The quantitative estimate of drug-likeness (QED) is 0.669. The van der Waals surface area contributed by atoms with Gasteiger partial charge in [-0.1, -0.05) is 20.3 Å². The molecule has 0 aliphatic carbocycles. The van der Waals surface area contributed by atoms with Gasteiger partial charge in [-0.2, -0.15) is 0 Å². The molecule has 1 heterocycles. The molecule has 0 aliphatic rings. The van der Waals surface area contributed by atoms with Gasteiger partial charge in [0.15, 0.2) is 5.76 Å². The van der Waals surface area contributed by atoms with Gasteiger partial charge in [0.25, 0.3) is 15.9 Å². The largest absolute Gasteiger partial charge is 0.480 e. The molecule has 0 bridgehead atoms. The molecular formula is C12H18N2O6S. The van der Waals surface area contributed by atoms with Gasteiger partial charge in [0.05, 0.1) is 0 Å². The molecule has 118 valence electrons. The summed E-state index contributed by atoms with van der Waals surface area (Å²) in [5, 5.41) is 11.0. The Morgan fingerprint density at radius 1 is 1.38 bits per heavy atom. The van der Waals surface area contributed by atoms with E-state index in [1.165, 1.54) is 13.1 Å². The van der Waals surface area contributed by atoms with Crippen molar-refractivity contribution in [3.8, 4) is 0 Å². The molecule has 9 heteroatoms. The fraction of sp³-hybridized carbons (Fsp3) is 0.500. The van der Waals surface area contributed by atoms with E-state index in [4.69, 9.17) is 9.52 Å². The lowest BCUT2D eigenvalue weighted by Gasteiger charge is -2.19. The van der Waals surface area contributed by atoms with Gasteiger partial charge in [-0.15, -0.1) is 0 Å². The van der Waals surface area contributed by atoms with Crippen LogP contribution in [0.25, 0.3) is 0 Å². The van der Waals surface area contributed by atoms with Gasteiger partial charge in [-0.25, -0.2) is 17.9 Å². The average molecular weight is 318 g/mol. The zero-order valence-electron chi connectivity index (χ0n) is 11.9. The third-order valence-electron chi connectivity index (χ3n) is 3.10. The van der Waals surface area contributed by atoms with Gasteiger partial charge in [0.1, 0.15) is 6.04 Å². The van der Waals surface area contributed by atoms with Crippen LogP contribution in [0.3, 0.4) is 0 Å². The van der Waals surface area contributed by atoms with Crippen molar-refractivity contribution in [2.45, 2.75) is 31.4 Å². The number of carboxylic acid groups (broad SMARTS) is 1.